The van der Waals surface area contributed by atoms with Crippen LogP contribution in [0.1, 0.15) is 40.5 Å². The highest BCUT2D eigenvalue weighted by Crippen LogP contribution is 2.17. The van der Waals surface area contributed by atoms with Crippen molar-refractivity contribution in [1.82, 2.24) is 25.8 Å². The Morgan fingerprint density at radius 1 is 1.12 bits per heavy atom. The highest BCUT2D eigenvalue weighted by Gasteiger charge is 2.17. The fourth-order valence-electron chi connectivity index (χ4n) is 2.95. The van der Waals surface area contributed by atoms with Crippen molar-refractivity contribution in [1.29, 1.82) is 0 Å². The summed E-state index contributed by atoms with van der Waals surface area (Å²) in [6.07, 6.45) is 5.75. The van der Waals surface area contributed by atoms with Gasteiger partial charge in [0.25, 0.3) is 5.91 Å². The molecule has 0 saturated heterocycles. The Morgan fingerprint density at radius 2 is 1.91 bits per heavy atom. The summed E-state index contributed by atoms with van der Waals surface area (Å²) in [6.45, 7) is -0.00337. The second kappa shape index (κ2) is 10.9. The van der Waals surface area contributed by atoms with Gasteiger partial charge in [-0.3, -0.25) is 14.8 Å². The van der Waals surface area contributed by atoms with E-state index in [9.17, 15) is 18.4 Å². The van der Waals surface area contributed by atoms with Crippen LogP contribution in [0.3, 0.4) is 0 Å². The number of allylic oxidation sites excluding steroid dienone is 1. The van der Waals surface area contributed by atoms with Gasteiger partial charge in [0.1, 0.15) is 5.69 Å². The van der Waals surface area contributed by atoms with Crippen LogP contribution in [0, 0.1) is 11.6 Å². The van der Waals surface area contributed by atoms with Crippen molar-refractivity contribution in [3.8, 4) is 0 Å². The third-order valence-corrected chi connectivity index (χ3v) is 4.61. The highest BCUT2D eigenvalue weighted by atomic mass is 19.2. The van der Waals surface area contributed by atoms with Gasteiger partial charge in [-0.1, -0.05) is 47.7 Å². The number of rotatable bonds is 9. The molecule has 32 heavy (non-hydrogen) atoms. The first-order chi connectivity index (χ1) is 15.5. The van der Waals surface area contributed by atoms with Crippen molar-refractivity contribution in [3.05, 3.63) is 89.3 Å². The van der Waals surface area contributed by atoms with Crippen molar-refractivity contribution in [2.24, 2.45) is 0 Å². The van der Waals surface area contributed by atoms with E-state index in [1.165, 1.54) is 10.7 Å². The van der Waals surface area contributed by atoms with Gasteiger partial charge in [0, 0.05) is 5.56 Å². The molecule has 3 aromatic rings. The Morgan fingerprint density at radius 3 is 2.62 bits per heavy atom. The smallest absolute Gasteiger partial charge is 0.251 e. The summed E-state index contributed by atoms with van der Waals surface area (Å²) in [5.74, 6) is -3.33. The van der Waals surface area contributed by atoms with Gasteiger partial charge in [0.15, 0.2) is 11.6 Å². The molecule has 2 amide bonds. The zero-order valence-corrected chi connectivity index (χ0v) is 16.9. The van der Waals surface area contributed by atoms with Crippen molar-refractivity contribution in [3.63, 3.8) is 0 Å². The summed E-state index contributed by atoms with van der Waals surface area (Å²) < 4.78 is 27.8. The minimum Gasteiger partial charge on any atom is -0.346 e. The first-order valence-corrected chi connectivity index (χ1v) is 9.74. The molecule has 0 unspecified atom stereocenters. The summed E-state index contributed by atoms with van der Waals surface area (Å²) in [4.78, 5) is 23.8. The SMILES string of the molecule is O=C(C[C@@H](C/C=C/c1ccccc1)n1cc(CNC(=O)c2ccc(F)c(F)c2)nn1)NO. The topological polar surface area (TPSA) is 109 Å². The maximum absolute atomic E-state index is 13.3. The van der Waals surface area contributed by atoms with Gasteiger partial charge in [-0.15, -0.1) is 5.10 Å². The van der Waals surface area contributed by atoms with Gasteiger partial charge in [-0.2, -0.15) is 0 Å². The average molecular weight is 441 g/mol. The predicted molar refractivity (Wildman–Crippen MR) is 111 cm³/mol. The summed E-state index contributed by atoms with van der Waals surface area (Å²) >= 11 is 0. The molecule has 0 aliphatic rings. The molecule has 0 spiro atoms. The molecule has 0 radical (unpaired) electrons. The summed E-state index contributed by atoms with van der Waals surface area (Å²) in [5.41, 5.74) is 2.98. The normalized spacial score (nSPS) is 12.0. The monoisotopic (exact) mass is 441 g/mol. The van der Waals surface area contributed by atoms with Crippen LogP contribution in [0.15, 0.2) is 60.8 Å². The zero-order valence-electron chi connectivity index (χ0n) is 16.9. The number of nitrogens with zero attached hydrogens (tertiary/aromatic N) is 3. The number of hydrogen-bond acceptors (Lipinski definition) is 5. The van der Waals surface area contributed by atoms with Gasteiger partial charge in [0.2, 0.25) is 5.91 Å². The number of benzene rings is 2. The van der Waals surface area contributed by atoms with Gasteiger partial charge >= 0.3 is 0 Å². The van der Waals surface area contributed by atoms with Crippen LogP contribution in [0.5, 0.6) is 0 Å². The van der Waals surface area contributed by atoms with E-state index < -0.39 is 29.5 Å². The van der Waals surface area contributed by atoms with Crippen LogP contribution in [-0.4, -0.2) is 32.0 Å². The van der Waals surface area contributed by atoms with Crippen molar-refractivity contribution in [2.45, 2.75) is 25.4 Å². The van der Waals surface area contributed by atoms with Crippen LogP contribution < -0.4 is 10.8 Å². The molecule has 10 heteroatoms. The molecule has 3 N–H and O–H groups in total. The first-order valence-electron chi connectivity index (χ1n) is 9.74. The van der Waals surface area contributed by atoms with Crippen molar-refractivity contribution < 1.29 is 23.6 Å². The molecule has 8 nitrogen and oxygen atoms in total. The first kappa shape index (κ1) is 22.8. The predicted octanol–water partition coefficient (Wildman–Crippen LogP) is 3.03. The number of aromatic nitrogens is 3. The van der Waals surface area contributed by atoms with Gasteiger partial charge < -0.3 is 5.32 Å². The number of halogens is 2. The van der Waals surface area contributed by atoms with Crippen LogP contribution in [0.4, 0.5) is 8.78 Å². The lowest BCUT2D eigenvalue weighted by Gasteiger charge is -2.13. The molecule has 2 aromatic carbocycles. The molecule has 0 aliphatic carbocycles. The third kappa shape index (κ3) is 6.29. The Bertz CT molecular complexity index is 1100. The molecule has 1 atom stereocenters. The molecule has 0 saturated carbocycles. The Balaban J connectivity index is 1.64. The van der Waals surface area contributed by atoms with E-state index in [2.05, 4.69) is 15.6 Å². The van der Waals surface area contributed by atoms with Gasteiger partial charge in [-0.25, -0.2) is 18.9 Å². The fraction of sp³-hybridized carbons (Fsp3) is 0.182. The Hall–Kier alpha value is -3.92. The molecular formula is C22H21F2N5O3. The lowest BCUT2D eigenvalue weighted by atomic mass is 10.1. The fourth-order valence-corrected chi connectivity index (χ4v) is 2.95. The van der Waals surface area contributed by atoms with Crippen LogP contribution in [-0.2, 0) is 11.3 Å². The van der Waals surface area contributed by atoms with E-state index in [0.717, 1.165) is 17.7 Å². The maximum Gasteiger partial charge on any atom is 0.251 e. The van der Waals surface area contributed by atoms with Crippen molar-refractivity contribution >= 4 is 17.9 Å². The van der Waals surface area contributed by atoms with E-state index in [0.29, 0.717) is 12.1 Å². The van der Waals surface area contributed by atoms with E-state index in [1.54, 1.807) is 11.7 Å². The zero-order chi connectivity index (χ0) is 22.9. The number of nitrogens with one attached hydrogen (secondary N) is 2. The Kier molecular flexibility index (Phi) is 7.76. The minimum absolute atomic E-state index is 0.00337. The maximum atomic E-state index is 13.3. The third-order valence-electron chi connectivity index (χ3n) is 4.61. The Labute approximate surface area is 182 Å². The highest BCUT2D eigenvalue weighted by molar-refractivity contribution is 5.94. The number of amides is 2. The van der Waals surface area contributed by atoms with Gasteiger partial charge in [-0.05, 0) is 30.2 Å². The number of hydrogen-bond donors (Lipinski definition) is 3. The minimum atomic E-state index is -1.11. The standard InChI is InChI=1S/C22H21F2N5O3/c23-19-10-9-16(11-20(19)24)22(31)25-13-17-14-29(28-26-17)18(12-21(30)27-32)8-4-7-15-5-2-1-3-6-15/h1-7,9-11,14,18,32H,8,12-13H2,(H,25,31)(H,27,30)/b7-4+/t18-/m1/s1. The lowest BCUT2D eigenvalue weighted by Crippen LogP contribution is -2.24. The van der Waals surface area contributed by atoms with Gasteiger partial charge in [0.05, 0.1) is 25.2 Å². The van der Waals surface area contributed by atoms with E-state index >= 15 is 0 Å². The summed E-state index contributed by atoms with van der Waals surface area (Å²) in [6, 6.07) is 12.0. The molecule has 0 fully saturated rings. The van der Waals surface area contributed by atoms with Crippen LogP contribution >= 0.6 is 0 Å². The van der Waals surface area contributed by atoms with Crippen LogP contribution in [0.25, 0.3) is 6.08 Å². The number of hydroxylamine groups is 1. The second-order valence-electron chi connectivity index (χ2n) is 6.94. The van der Waals surface area contributed by atoms with E-state index in [-0.39, 0.29) is 18.5 Å². The van der Waals surface area contributed by atoms with Crippen LogP contribution in [0.2, 0.25) is 0 Å². The molecular weight excluding hydrogens is 420 g/mol. The largest absolute Gasteiger partial charge is 0.346 e. The second-order valence-corrected chi connectivity index (χ2v) is 6.94. The van der Waals surface area contributed by atoms with E-state index in [1.807, 2.05) is 42.5 Å². The van der Waals surface area contributed by atoms with Crippen molar-refractivity contribution in [2.75, 3.05) is 0 Å². The van der Waals surface area contributed by atoms with E-state index in [4.69, 9.17) is 5.21 Å². The summed E-state index contributed by atoms with van der Waals surface area (Å²) in [5, 5.41) is 19.4. The average Bonchev–Trinajstić information content (AvgIpc) is 3.28. The quantitative estimate of drug-likeness (QED) is 0.349. The molecule has 3 rings (SSSR count). The lowest BCUT2D eigenvalue weighted by molar-refractivity contribution is -0.130. The molecule has 1 aromatic heterocycles. The summed E-state index contributed by atoms with van der Waals surface area (Å²) in [7, 11) is 0. The number of carbonyl (C=O) groups excluding carboxylic acids is 2. The number of carbonyl (C=O) groups is 2. The molecule has 1 heterocycles. The molecule has 0 bridgehead atoms. The molecule has 0 aliphatic heterocycles. The molecule has 166 valence electrons.